The molecule has 6 nitrogen and oxygen atoms in total. The Bertz CT molecular complexity index is 1160. The third-order valence-corrected chi connectivity index (χ3v) is 8.14. The van der Waals surface area contributed by atoms with Crippen molar-refractivity contribution >= 4 is 50.3 Å². The topological polar surface area (TPSA) is 68.7 Å². The second-order valence-electron chi connectivity index (χ2n) is 10.2. The number of amides is 1. The van der Waals surface area contributed by atoms with Gasteiger partial charge in [0.2, 0.25) is 5.88 Å². The summed E-state index contributed by atoms with van der Waals surface area (Å²) in [5.74, 6) is -0.375. The van der Waals surface area contributed by atoms with Gasteiger partial charge < -0.3 is 14.4 Å². The van der Waals surface area contributed by atoms with Crippen molar-refractivity contribution in [2.24, 2.45) is 0 Å². The average molecular weight is 572 g/mol. The van der Waals surface area contributed by atoms with Crippen molar-refractivity contribution in [2.45, 2.75) is 77.7 Å². The Balaban J connectivity index is 2.27. The van der Waals surface area contributed by atoms with E-state index in [0.717, 1.165) is 12.0 Å². The van der Waals surface area contributed by atoms with Gasteiger partial charge >= 0.3 is 6.09 Å². The molecule has 0 aliphatic carbocycles. The van der Waals surface area contributed by atoms with Crippen LogP contribution in [0, 0.1) is 5.82 Å². The van der Waals surface area contributed by atoms with Crippen LogP contribution < -0.4 is 4.74 Å². The number of nitrogens with zero attached hydrogens (tertiary/aromatic N) is 2. The summed E-state index contributed by atoms with van der Waals surface area (Å²) in [5.41, 5.74) is -0.0170. The van der Waals surface area contributed by atoms with Crippen LogP contribution in [0.15, 0.2) is 10.5 Å². The molecule has 35 heavy (non-hydrogen) atoms. The van der Waals surface area contributed by atoms with Gasteiger partial charge in [0.25, 0.3) is 0 Å². The molecule has 0 radical (unpaired) electrons. The summed E-state index contributed by atoms with van der Waals surface area (Å²) in [6.45, 7) is 11.7. The Morgan fingerprint density at radius 2 is 1.91 bits per heavy atom. The van der Waals surface area contributed by atoms with Crippen molar-refractivity contribution in [2.75, 3.05) is 20.2 Å². The van der Waals surface area contributed by atoms with E-state index in [1.807, 2.05) is 34.6 Å². The molecule has 1 amide bonds. The van der Waals surface area contributed by atoms with Gasteiger partial charge in [-0.15, -0.1) is 0 Å². The number of pyridine rings is 1. The maximum absolute atomic E-state index is 15.4. The van der Waals surface area contributed by atoms with E-state index in [0.29, 0.717) is 42.8 Å². The molecule has 0 N–H and O–H groups in total. The van der Waals surface area contributed by atoms with Gasteiger partial charge in [0.05, 0.1) is 22.0 Å². The summed E-state index contributed by atoms with van der Waals surface area (Å²) in [7, 11) is 1.50. The SMILES string of the molecule is CCC(C)c1c(OC)nc2c(F)c(Br)c(Cl)cc2c1C1(C(C)=O)CCN(C(=O)OC(C)(C)C)CC1. The summed E-state index contributed by atoms with van der Waals surface area (Å²) in [5, 5.41) is 0.691. The van der Waals surface area contributed by atoms with Gasteiger partial charge in [0.1, 0.15) is 16.9 Å². The predicted octanol–water partition coefficient (Wildman–Crippen LogP) is 7.17. The number of rotatable bonds is 5. The molecule has 0 spiro atoms. The van der Waals surface area contributed by atoms with Gasteiger partial charge in [-0.2, -0.15) is 0 Å². The first-order chi connectivity index (χ1) is 16.3. The number of carbonyl (C=O) groups is 2. The number of halogens is 3. The van der Waals surface area contributed by atoms with E-state index < -0.39 is 22.9 Å². The second-order valence-corrected chi connectivity index (χ2v) is 11.4. The zero-order valence-electron chi connectivity index (χ0n) is 21.4. The third kappa shape index (κ3) is 5.15. The van der Waals surface area contributed by atoms with Crippen LogP contribution in [-0.2, 0) is 14.9 Å². The maximum atomic E-state index is 15.4. The van der Waals surface area contributed by atoms with E-state index in [2.05, 4.69) is 20.9 Å². The molecule has 1 aromatic heterocycles. The van der Waals surface area contributed by atoms with Crippen molar-refractivity contribution in [1.82, 2.24) is 9.88 Å². The molecular weight excluding hydrogens is 539 g/mol. The highest BCUT2D eigenvalue weighted by atomic mass is 79.9. The van der Waals surface area contributed by atoms with Gasteiger partial charge in [-0.05, 0) is 80.4 Å². The Hall–Kier alpha value is -1.93. The van der Waals surface area contributed by atoms with Crippen molar-refractivity contribution in [3.05, 3.63) is 32.5 Å². The first-order valence-electron chi connectivity index (χ1n) is 11.8. The summed E-state index contributed by atoms with van der Waals surface area (Å²) in [6, 6.07) is 1.67. The van der Waals surface area contributed by atoms with Crippen LogP contribution in [0.2, 0.25) is 5.02 Å². The third-order valence-electron chi connectivity index (χ3n) is 6.84. The lowest BCUT2D eigenvalue weighted by Gasteiger charge is -2.42. The molecule has 0 bridgehead atoms. The Morgan fingerprint density at radius 1 is 1.31 bits per heavy atom. The molecule has 1 unspecified atom stereocenters. The van der Waals surface area contributed by atoms with Crippen LogP contribution in [0.5, 0.6) is 5.88 Å². The number of fused-ring (bicyclic) bond motifs is 1. The van der Waals surface area contributed by atoms with Crippen LogP contribution >= 0.6 is 27.5 Å². The zero-order chi connectivity index (χ0) is 26.3. The summed E-state index contributed by atoms with van der Waals surface area (Å²) >= 11 is 9.60. The van der Waals surface area contributed by atoms with Crippen LogP contribution in [0.1, 0.15) is 77.8 Å². The first kappa shape index (κ1) is 27.7. The fourth-order valence-corrected chi connectivity index (χ4v) is 5.30. The Labute approximate surface area is 219 Å². The number of piperidine rings is 1. The second kappa shape index (κ2) is 10.2. The van der Waals surface area contributed by atoms with Crippen LogP contribution in [0.4, 0.5) is 9.18 Å². The maximum Gasteiger partial charge on any atom is 0.410 e. The molecule has 1 aliphatic rings. The molecule has 2 aromatic rings. The van der Waals surface area contributed by atoms with Gasteiger partial charge in [-0.1, -0.05) is 25.4 Å². The van der Waals surface area contributed by atoms with E-state index in [4.69, 9.17) is 21.1 Å². The van der Waals surface area contributed by atoms with Crippen LogP contribution in [-0.4, -0.2) is 47.6 Å². The number of hydrogen-bond acceptors (Lipinski definition) is 5. The van der Waals surface area contributed by atoms with E-state index in [9.17, 15) is 9.59 Å². The number of ketones is 1. The van der Waals surface area contributed by atoms with Crippen molar-refractivity contribution in [3.63, 3.8) is 0 Å². The molecule has 0 saturated carbocycles. The minimum absolute atomic E-state index is 0.0116. The number of carbonyl (C=O) groups excluding carboxylic acids is 2. The number of aromatic nitrogens is 1. The largest absolute Gasteiger partial charge is 0.481 e. The highest BCUT2D eigenvalue weighted by Crippen LogP contribution is 2.48. The Kier molecular flexibility index (Phi) is 8.07. The number of Topliss-reactive ketones (excluding diaryl/α,β-unsaturated/α-hetero) is 1. The van der Waals surface area contributed by atoms with E-state index in [-0.39, 0.29) is 26.7 Å². The minimum Gasteiger partial charge on any atom is -0.481 e. The fraction of sp³-hybridized carbons (Fsp3) is 0.577. The first-order valence-corrected chi connectivity index (χ1v) is 13.0. The Morgan fingerprint density at radius 3 is 2.40 bits per heavy atom. The lowest BCUT2D eigenvalue weighted by atomic mass is 9.66. The minimum atomic E-state index is -0.963. The molecule has 2 heterocycles. The molecule has 1 aromatic carbocycles. The van der Waals surface area contributed by atoms with Gasteiger partial charge in [0, 0.05) is 24.0 Å². The predicted molar refractivity (Wildman–Crippen MR) is 139 cm³/mol. The number of benzene rings is 1. The monoisotopic (exact) mass is 570 g/mol. The molecule has 1 atom stereocenters. The molecule has 192 valence electrons. The number of likely N-dealkylation sites (tertiary alicyclic amines) is 1. The normalized spacial score (nSPS) is 16.8. The molecule has 1 saturated heterocycles. The number of hydrogen-bond donors (Lipinski definition) is 0. The van der Waals surface area contributed by atoms with Gasteiger partial charge in [0.15, 0.2) is 5.82 Å². The lowest BCUT2D eigenvalue weighted by molar-refractivity contribution is -0.124. The zero-order valence-corrected chi connectivity index (χ0v) is 23.7. The van der Waals surface area contributed by atoms with Crippen LogP contribution in [0.3, 0.4) is 0 Å². The van der Waals surface area contributed by atoms with Gasteiger partial charge in [-0.25, -0.2) is 14.2 Å². The molecule has 3 rings (SSSR count). The highest BCUT2D eigenvalue weighted by molar-refractivity contribution is 9.10. The van der Waals surface area contributed by atoms with Crippen molar-refractivity contribution < 1.29 is 23.5 Å². The number of methoxy groups -OCH3 is 1. The average Bonchev–Trinajstić information content (AvgIpc) is 2.80. The molecule has 1 fully saturated rings. The number of ether oxygens (including phenoxy) is 2. The highest BCUT2D eigenvalue weighted by Gasteiger charge is 2.46. The summed E-state index contributed by atoms with van der Waals surface area (Å²) < 4.78 is 26.7. The molecule has 9 heteroatoms. The molecular formula is C26H33BrClFN2O4. The molecule has 1 aliphatic heterocycles. The summed E-state index contributed by atoms with van der Waals surface area (Å²) in [4.78, 5) is 32.3. The van der Waals surface area contributed by atoms with Crippen LogP contribution in [0.25, 0.3) is 10.9 Å². The summed E-state index contributed by atoms with van der Waals surface area (Å²) in [6.07, 6.45) is 1.08. The lowest BCUT2D eigenvalue weighted by Crippen LogP contribution is -2.50. The van der Waals surface area contributed by atoms with Crippen molar-refractivity contribution in [3.8, 4) is 5.88 Å². The standard InChI is InChI=1S/C26H33BrClFN2O4/c1-8-14(2)18-19(16-13-17(28)20(27)21(29)22(16)30-23(18)34-7)26(15(3)32)9-11-31(12-10-26)24(33)35-25(4,5)6/h13-14H,8-12H2,1-7H3. The fourth-order valence-electron chi connectivity index (χ4n) is 4.81. The van der Waals surface area contributed by atoms with Crippen molar-refractivity contribution in [1.29, 1.82) is 0 Å². The quantitative estimate of drug-likeness (QED) is 0.356. The van der Waals surface area contributed by atoms with E-state index in [1.54, 1.807) is 17.9 Å². The van der Waals surface area contributed by atoms with Gasteiger partial charge in [-0.3, -0.25) is 4.79 Å². The van der Waals surface area contributed by atoms with E-state index in [1.165, 1.54) is 7.11 Å². The van der Waals surface area contributed by atoms with E-state index >= 15 is 4.39 Å². The smallest absolute Gasteiger partial charge is 0.410 e.